The molecule has 0 aliphatic carbocycles. The molecule has 1 amide bonds. The number of amides is 1. The molecule has 1 heterocycles. The van der Waals surface area contributed by atoms with Crippen LogP contribution in [-0.4, -0.2) is 20.6 Å². The monoisotopic (exact) mass is 239 g/mol. The summed E-state index contributed by atoms with van der Waals surface area (Å²) in [5.41, 5.74) is -1.21. The minimum atomic E-state index is -0.633. The van der Waals surface area contributed by atoms with Crippen LogP contribution < -0.4 is 5.32 Å². The Morgan fingerprint density at radius 3 is 1.86 bits per heavy atom. The van der Waals surface area contributed by atoms with Crippen molar-refractivity contribution in [3.63, 3.8) is 0 Å². The normalized spacial score (nSPS) is 28.0. The summed E-state index contributed by atoms with van der Waals surface area (Å²) in [7, 11) is 0. The molecule has 82 valence electrons. The van der Waals surface area contributed by atoms with E-state index in [1.165, 1.54) is 0 Å². The topological polar surface area (TPSA) is 29.1 Å². The van der Waals surface area contributed by atoms with E-state index in [4.69, 9.17) is 23.6 Å². The molecule has 0 unspecified atom stereocenters. The number of halogens is 2. The Hall–Kier alpha value is 0.170. The molecule has 1 saturated heterocycles. The Bertz CT molecular complexity index is 260. The minimum absolute atomic E-state index is 0.157. The summed E-state index contributed by atoms with van der Waals surface area (Å²) in [6.45, 7) is 7.59. The maximum Gasteiger partial charge on any atom is 0.371 e. The lowest BCUT2D eigenvalue weighted by atomic mass is 9.93. The van der Waals surface area contributed by atoms with Crippen LogP contribution in [-0.2, 0) is 4.79 Å². The van der Waals surface area contributed by atoms with Gasteiger partial charge in [0.25, 0.3) is 0 Å². The highest BCUT2D eigenvalue weighted by molar-refractivity contribution is 6.31. The van der Waals surface area contributed by atoms with Gasteiger partial charge < -0.3 is 0 Å². The van der Waals surface area contributed by atoms with Gasteiger partial charge in [-0.2, -0.15) is 0 Å². The van der Waals surface area contributed by atoms with Gasteiger partial charge in [0, 0.05) is 13.8 Å². The minimum Gasteiger partial charge on any atom is -0.244 e. The second-order valence-electron chi connectivity index (χ2n) is 4.29. The van der Waals surface area contributed by atoms with Gasteiger partial charge in [-0.25, -0.2) is 10.1 Å². The molecule has 0 aromatic rings. The molecule has 5 heteroatoms. The van der Waals surface area contributed by atoms with Gasteiger partial charge in [0.1, 0.15) is 5.54 Å². The Kier molecular flexibility index (Phi) is 2.92. The Balaban J connectivity index is 3.17. The number of quaternary nitrogens is 1. The smallest absolute Gasteiger partial charge is 0.244 e. The van der Waals surface area contributed by atoms with Crippen molar-refractivity contribution in [2.45, 2.75) is 51.7 Å². The zero-order valence-electron chi connectivity index (χ0n) is 9.03. The van der Waals surface area contributed by atoms with E-state index < -0.39 is 14.7 Å². The van der Waals surface area contributed by atoms with Gasteiger partial charge in [0.05, 0.1) is 0 Å². The fraction of sp³-hybridized carbons (Fsp3) is 0.889. The molecule has 1 aliphatic heterocycles. The fourth-order valence-corrected chi connectivity index (χ4v) is 2.37. The molecular weight excluding hydrogens is 223 g/mol. The summed E-state index contributed by atoms with van der Waals surface area (Å²) in [5, 5.41) is 3.24. The van der Waals surface area contributed by atoms with Crippen molar-refractivity contribution < 1.29 is 8.32 Å². The van der Waals surface area contributed by atoms with E-state index in [9.17, 15) is 4.79 Å². The molecule has 1 fully saturated rings. The first kappa shape index (κ1) is 12.2. The number of hydrogen-bond acceptors (Lipinski definition) is 2. The number of carbonyl (C=O) groups excluding carboxylic acids is 1. The summed E-state index contributed by atoms with van der Waals surface area (Å²) >= 11 is 12.1. The highest BCUT2D eigenvalue weighted by atomic mass is 35.5. The molecule has 0 saturated carbocycles. The lowest BCUT2D eigenvalue weighted by Crippen LogP contribution is -2.51. The summed E-state index contributed by atoms with van der Waals surface area (Å²) in [6, 6.07) is 0. The molecule has 0 spiro atoms. The molecule has 0 aromatic carbocycles. The van der Waals surface area contributed by atoms with Gasteiger partial charge in [0.15, 0.2) is 29.2 Å². The van der Waals surface area contributed by atoms with Crippen molar-refractivity contribution in [1.29, 1.82) is 0 Å². The number of nitrogens with zero attached hydrogens (tertiary/aromatic N) is 1. The van der Waals surface area contributed by atoms with Crippen molar-refractivity contribution in [3.05, 3.63) is 0 Å². The van der Waals surface area contributed by atoms with Crippen LogP contribution in [0.1, 0.15) is 40.5 Å². The first-order chi connectivity index (χ1) is 6.23. The third-order valence-corrected chi connectivity index (χ3v) is 4.27. The lowest BCUT2D eigenvalue weighted by Gasteiger charge is -2.25. The van der Waals surface area contributed by atoms with Crippen LogP contribution in [0, 0.1) is 0 Å². The van der Waals surface area contributed by atoms with E-state index >= 15 is 0 Å². The largest absolute Gasteiger partial charge is 0.371 e. The van der Waals surface area contributed by atoms with Gasteiger partial charge >= 0.3 is 5.91 Å². The third kappa shape index (κ3) is 1.38. The highest BCUT2D eigenvalue weighted by Gasteiger charge is 2.67. The first-order valence-electron chi connectivity index (χ1n) is 4.86. The van der Waals surface area contributed by atoms with Crippen LogP contribution in [0.5, 0.6) is 0 Å². The van der Waals surface area contributed by atoms with E-state index in [1.54, 1.807) is 0 Å². The Morgan fingerprint density at radius 1 is 1.29 bits per heavy atom. The van der Waals surface area contributed by atoms with Gasteiger partial charge in [-0.05, 0) is 16.4 Å². The van der Waals surface area contributed by atoms with Crippen molar-refractivity contribution in [1.82, 2.24) is 5.32 Å². The zero-order chi connectivity index (χ0) is 11.2. The molecular formula is C9H17Cl2N2O+. The van der Waals surface area contributed by atoms with Crippen LogP contribution in [0.25, 0.3) is 0 Å². The molecule has 1 rings (SSSR count). The Labute approximate surface area is 95.2 Å². The predicted molar refractivity (Wildman–Crippen MR) is 57.5 cm³/mol. The SMILES string of the molecule is CCC1(CC)NC(C)(C)[N+](Cl)(Cl)C1=O. The van der Waals surface area contributed by atoms with E-state index in [-0.39, 0.29) is 5.91 Å². The number of nitrogens with one attached hydrogen (secondary N) is 1. The van der Waals surface area contributed by atoms with Crippen LogP contribution >= 0.6 is 23.6 Å². The van der Waals surface area contributed by atoms with E-state index in [2.05, 4.69) is 5.32 Å². The average molecular weight is 240 g/mol. The molecule has 1 N–H and O–H groups in total. The maximum atomic E-state index is 12.1. The third-order valence-electron chi connectivity index (χ3n) is 3.12. The van der Waals surface area contributed by atoms with Crippen molar-refractivity contribution >= 4 is 29.5 Å². The summed E-state index contributed by atoms with van der Waals surface area (Å²) < 4.78 is -0.630. The van der Waals surface area contributed by atoms with E-state index in [1.807, 2.05) is 27.7 Å². The molecule has 0 atom stereocenters. The van der Waals surface area contributed by atoms with Gasteiger partial charge in [0.2, 0.25) is 0 Å². The van der Waals surface area contributed by atoms with Crippen LogP contribution in [0.15, 0.2) is 0 Å². The van der Waals surface area contributed by atoms with Gasteiger partial charge in [-0.3, -0.25) is 0 Å². The second kappa shape index (κ2) is 3.34. The molecule has 3 nitrogen and oxygen atoms in total. The highest BCUT2D eigenvalue weighted by Crippen LogP contribution is 2.43. The standard InChI is InChI=1S/C9H17Cl2N2O/c1-5-9(6-2)7(14)13(10,11)8(3,4)12-9/h12H,5-6H2,1-4H3/q+1. The average Bonchev–Trinajstić information content (AvgIpc) is 2.24. The second-order valence-corrected chi connectivity index (χ2v) is 5.48. The summed E-state index contributed by atoms with van der Waals surface area (Å²) in [5.74, 6) is -0.157. The lowest BCUT2D eigenvalue weighted by molar-refractivity contribution is -0.665. The number of hydrogen-bond donors (Lipinski definition) is 1. The quantitative estimate of drug-likeness (QED) is 0.751. The van der Waals surface area contributed by atoms with Crippen LogP contribution in [0.4, 0.5) is 0 Å². The van der Waals surface area contributed by atoms with Crippen LogP contribution in [0.3, 0.4) is 0 Å². The Morgan fingerprint density at radius 2 is 1.71 bits per heavy atom. The van der Waals surface area contributed by atoms with Crippen molar-refractivity contribution in [2.75, 3.05) is 0 Å². The molecule has 1 aliphatic rings. The van der Waals surface area contributed by atoms with E-state index in [0.717, 1.165) is 0 Å². The molecule has 0 radical (unpaired) electrons. The maximum absolute atomic E-state index is 12.1. The van der Waals surface area contributed by atoms with Crippen molar-refractivity contribution in [2.24, 2.45) is 0 Å². The first-order valence-corrected chi connectivity index (χ1v) is 5.54. The van der Waals surface area contributed by atoms with Crippen molar-refractivity contribution in [3.8, 4) is 0 Å². The molecule has 0 bridgehead atoms. The summed E-state index contributed by atoms with van der Waals surface area (Å²) in [4.78, 5) is 12.1. The molecule has 14 heavy (non-hydrogen) atoms. The number of carbonyl (C=O) groups is 1. The van der Waals surface area contributed by atoms with E-state index in [0.29, 0.717) is 12.8 Å². The number of rotatable bonds is 2. The van der Waals surface area contributed by atoms with Crippen LogP contribution in [0.2, 0.25) is 0 Å². The predicted octanol–water partition coefficient (Wildman–Crippen LogP) is 2.54. The summed E-state index contributed by atoms with van der Waals surface area (Å²) in [6.07, 6.45) is 1.40. The zero-order valence-corrected chi connectivity index (χ0v) is 10.5. The fourth-order valence-electron chi connectivity index (χ4n) is 1.96. The van der Waals surface area contributed by atoms with Gasteiger partial charge in [-0.15, -0.1) is 0 Å². The molecule has 0 aromatic heterocycles. The van der Waals surface area contributed by atoms with Gasteiger partial charge in [-0.1, -0.05) is 13.8 Å².